The molecule has 0 radical (unpaired) electrons. The van der Waals surface area contributed by atoms with E-state index in [9.17, 15) is 13.2 Å². The highest BCUT2D eigenvalue weighted by molar-refractivity contribution is 8.03. The fourth-order valence-electron chi connectivity index (χ4n) is 3.55. The predicted molar refractivity (Wildman–Crippen MR) is 104 cm³/mol. The Hall–Kier alpha value is -1.32. The number of hydrogen-bond donors (Lipinski definition) is 0. The van der Waals surface area contributed by atoms with Crippen LogP contribution in [-0.4, -0.2) is 65.0 Å². The van der Waals surface area contributed by atoms with Crippen LogP contribution in [0.2, 0.25) is 0 Å². The molecule has 26 heavy (non-hydrogen) atoms. The molecule has 2 fully saturated rings. The summed E-state index contributed by atoms with van der Waals surface area (Å²) in [7, 11) is -1.25. The van der Waals surface area contributed by atoms with Gasteiger partial charge in [0.15, 0.2) is 0 Å². The first kappa shape index (κ1) is 19.4. The summed E-state index contributed by atoms with van der Waals surface area (Å²) in [4.78, 5) is 14.9. The fraction of sp³-hybridized carbons (Fsp3) is 0.647. The van der Waals surface area contributed by atoms with Crippen LogP contribution < -0.4 is 0 Å². The van der Waals surface area contributed by atoms with Crippen LogP contribution in [0.5, 0.6) is 0 Å². The molecule has 0 spiro atoms. The Morgan fingerprint density at radius 3 is 2.42 bits per heavy atom. The van der Waals surface area contributed by atoms with Crippen LogP contribution in [0.3, 0.4) is 0 Å². The molecule has 1 aromatic rings. The number of sulfonamides is 1. The van der Waals surface area contributed by atoms with Crippen molar-refractivity contribution in [3.05, 3.63) is 22.0 Å². The average Bonchev–Trinajstić information content (AvgIpc) is 3.14. The molecule has 0 aliphatic carbocycles. The number of aryl methyl sites for hydroxylation is 2. The molecule has 2 aliphatic heterocycles. The van der Waals surface area contributed by atoms with Gasteiger partial charge in [0.1, 0.15) is 0 Å². The first-order chi connectivity index (χ1) is 12.2. The van der Waals surface area contributed by atoms with Crippen molar-refractivity contribution in [3.63, 3.8) is 0 Å². The zero-order valence-corrected chi connectivity index (χ0v) is 17.4. The van der Waals surface area contributed by atoms with Gasteiger partial charge < -0.3 is 4.90 Å². The Labute approximate surface area is 159 Å². The standard InChI is InChI=1S/C17H26N4O3S2/c1-12-15(13(2)19(3)18-12)11-16-21(9-10-25-16)17(22)14-5-7-20(8-6-14)26(4,23)24/h11,14H,5-10H2,1-4H3/b16-11+. The number of amides is 1. The lowest BCUT2D eigenvalue weighted by Crippen LogP contribution is -2.43. The lowest BCUT2D eigenvalue weighted by atomic mass is 9.96. The van der Waals surface area contributed by atoms with Crippen molar-refractivity contribution in [2.24, 2.45) is 13.0 Å². The Kier molecular flexibility index (Phi) is 5.50. The Bertz CT molecular complexity index is 836. The molecule has 0 aromatic carbocycles. The van der Waals surface area contributed by atoms with E-state index in [1.54, 1.807) is 11.8 Å². The number of aromatic nitrogens is 2. The third kappa shape index (κ3) is 3.84. The van der Waals surface area contributed by atoms with E-state index >= 15 is 0 Å². The molecule has 2 saturated heterocycles. The molecular weight excluding hydrogens is 372 g/mol. The van der Waals surface area contributed by atoms with E-state index in [2.05, 4.69) is 11.2 Å². The predicted octanol–water partition coefficient (Wildman–Crippen LogP) is 1.58. The van der Waals surface area contributed by atoms with Gasteiger partial charge in [0, 0.05) is 49.6 Å². The van der Waals surface area contributed by atoms with Crippen molar-refractivity contribution < 1.29 is 13.2 Å². The molecule has 3 rings (SSSR count). The molecule has 7 nitrogen and oxygen atoms in total. The van der Waals surface area contributed by atoms with E-state index in [4.69, 9.17) is 0 Å². The quantitative estimate of drug-likeness (QED) is 0.773. The summed E-state index contributed by atoms with van der Waals surface area (Å²) in [5.74, 6) is 0.901. The molecule has 2 aliphatic rings. The van der Waals surface area contributed by atoms with E-state index in [0.717, 1.165) is 27.7 Å². The first-order valence-corrected chi connectivity index (χ1v) is 11.6. The summed E-state index contributed by atoms with van der Waals surface area (Å²) in [6.45, 7) is 5.57. The summed E-state index contributed by atoms with van der Waals surface area (Å²) >= 11 is 1.69. The second-order valence-electron chi connectivity index (χ2n) is 6.97. The second kappa shape index (κ2) is 7.36. The number of carbonyl (C=O) groups is 1. The highest BCUT2D eigenvalue weighted by atomic mass is 32.2. The molecule has 1 amide bonds. The molecular formula is C17H26N4O3S2. The summed E-state index contributed by atoms with van der Waals surface area (Å²) in [5.41, 5.74) is 3.11. The van der Waals surface area contributed by atoms with Crippen LogP contribution in [0.4, 0.5) is 0 Å². The molecule has 1 aromatic heterocycles. The Morgan fingerprint density at radius 1 is 1.23 bits per heavy atom. The highest BCUT2D eigenvalue weighted by Crippen LogP contribution is 2.34. The molecule has 0 bridgehead atoms. The Morgan fingerprint density at radius 2 is 1.88 bits per heavy atom. The highest BCUT2D eigenvalue weighted by Gasteiger charge is 2.34. The lowest BCUT2D eigenvalue weighted by molar-refractivity contribution is -0.133. The van der Waals surface area contributed by atoms with Crippen LogP contribution in [-0.2, 0) is 21.9 Å². The minimum atomic E-state index is -3.17. The van der Waals surface area contributed by atoms with E-state index in [1.807, 2.05) is 30.5 Å². The molecule has 0 atom stereocenters. The van der Waals surface area contributed by atoms with Gasteiger partial charge in [0.05, 0.1) is 17.0 Å². The van der Waals surface area contributed by atoms with Gasteiger partial charge in [0.25, 0.3) is 0 Å². The van der Waals surface area contributed by atoms with Gasteiger partial charge >= 0.3 is 0 Å². The van der Waals surface area contributed by atoms with Crippen LogP contribution in [0.15, 0.2) is 5.03 Å². The molecule has 0 unspecified atom stereocenters. The van der Waals surface area contributed by atoms with Crippen LogP contribution >= 0.6 is 11.8 Å². The van der Waals surface area contributed by atoms with Crippen LogP contribution in [0, 0.1) is 19.8 Å². The van der Waals surface area contributed by atoms with Gasteiger partial charge in [0.2, 0.25) is 15.9 Å². The van der Waals surface area contributed by atoms with E-state index in [0.29, 0.717) is 32.5 Å². The summed E-state index contributed by atoms with van der Waals surface area (Å²) < 4.78 is 26.6. The number of hydrogen-bond acceptors (Lipinski definition) is 5. The topological polar surface area (TPSA) is 75.5 Å². The fourth-order valence-corrected chi connectivity index (χ4v) is 5.44. The third-order valence-electron chi connectivity index (χ3n) is 5.20. The van der Waals surface area contributed by atoms with Crippen LogP contribution in [0.25, 0.3) is 6.08 Å². The number of nitrogens with zero attached hydrogens (tertiary/aromatic N) is 4. The zero-order chi connectivity index (χ0) is 19.1. The normalized spacial score (nSPS) is 21.7. The SMILES string of the molecule is Cc1nn(C)c(C)c1/C=C1/SCCN1C(=O)C1CCN(S(C)(=O)=O)CC1. The molecule has 3 heterocycles. The summed E-state index contributed by atoms with van der Waals surface area (Å²) in [6, 6.07) is 0. The van der Waals surface area contributed by atoms with Gasteiger partial charge in [-0.05, 0) is 32.8 Å². The first-order valence-electron chi connectivity index (χ1n) is 8.79. The van der Waals surface area contributed by atoms with E-state index in [1.165, 1.54) is 10.6 Å². The molecule has 0 N–H and O–H groups in total. The maximum atomic E-state index is 13.0. The number of piperidine rings is 1. The molecule has 144 valence electrons. The second-order valence-corrected chi connectivity index (χ2v) is 10.1. The maximum absolute atomic E-state index is 13.0. The van der Waals surface area contributed by atoms with Crippen molar-refractivity contribution in [2.45, 2.75) is 26.7 Å². The van der Waals surface area contributed by atoms with Crippen molar-refractivity contribution in [3.8, 4) is 0 Å². The van der Waals surface area contributed by atoms with Crippen LogP contribution in [0.1, 0.15) is 29.8 Å². The lowest BCUT2D eigenvalue weighted by Gasteiger charge is -2.31. The minimum absolute atomic E-state index is 0.105. The Balaban J connectivity index is 1.74. The van der Waals surface area contributed by atoms with Gasteiger partial charge in [-0.1, -0.05) is 0 Å². The van der Waals surface area contributed by atoms with Gasteiger partial charge in [-0.2, -0.15) is 5.10 Å². The molecule has 0 saturated carbocycles. The third-order valence-corrected chi connectivity index (χ3v) is 7.53. The van der Waals surface area contributed by atoms with Gasteiger partial charge in [-0.15, -0.1) is 11.8 Å². The van der Waals surface area contributed by atoms with Crippen molar-refractivity contribution in [1.29, 1.82) is 0 Å². The van der Waals surface area contributed by atoms with Gasteiger partial charge in [-0.25, -0.2) is 12.7 Å². The van der Waals surface area contributed by atoms with E-state index in [-0.39, 0.29) is 11.8 Å². The largest absolute Gasteiger partial charge is 0.306 e. The number of carbonyl (C=O) groups excluding carboxylic acids is 1. The smallest absolute Gasteiger partial charge is 0.230 e. The zero-order valence-electron chi connectivity index (χ0n) is 15.7. The maximum Gasteiger partial charge on any atom is 0.230 e. The summed E-state index contributed by atoms with van der Waals surface area (Å²) in [6.07, 6.45) is 4.47. The summed E-state index contributed by atoms with van der Waals surface area (Å²) in [5, 5.41) is 5.41. The van der Waals surface area contributed by atoms with Gasteiger partial charge in [-0.3, -0.25) is 9.48 Å². The minimum Gasteiger partial charge on any atom is -0.306 e. The van der Waals surface area contributed by atoms with Crippen molar-refractivity contribution in [1.82, 2.24) is 19.0 Å². The number of rotatable bonds is 3. The van der Waals surface area contributed by atoms with E-state index < -0.39 is 10.0 Å². The molecule has 9 heteroatoms. The monoisotopic (exact) mass is 398 g/mol. The van der Waals surface area contributed by atoms with Crippen molar-refractivity contribution in [2.75, 3.05) is 31.6 Å². The average molecular weight is 399 g/mol. The number of thioether (sulfide) groups is 1. The van der Waals surface area contributed by atoms with Crippen molar-refractivity contribution >= 4 is 33.8 Å².